The Labute approximate surface area is 113 Å². The van der Waals surface area contributed by atoms with E-state index in [9.17, 15) is 8.42 Å². The molecule has 0 aliphatic heterocycles. The number of nitrogens with zero attached hydrogens (tertiary/aromatic N) is 4. The van der Waals surface area contributed by atoms with Gasteiger partial charge in [-0.15, -0.1) is 10.2 Å². The second-order valence-corrected chi connectivity index (χ2v) is 7.07. The molecule has 0 aliphatic rings. The van der Waals surface area contributed by atoms with E-state index in [4.69, 9.17) is 11.6 Å². The van der Waals surface area contributed by atoms with Gasteiger partial charge < -0.3 is 4.57 Å². The molecule has 0 spiro atoms. The Hall–Kier alpha value is -1.03. The smallest absolute Gasteiger partial charge is 0.252 e. The van der Waals surface area contributed by atoms with Gasteiger partial charge in [0.2, 0.25) is 0 Å². The molecule has 0 aliphatic carbocycles. The first-order valence-electron chi connectivity index (χ1n) is 4.85. The number of rotatable bonds is 4. The molecule has 18 heavy (non-hydrogen) atoms. The van der Waals surface area contributed by atoms with Crippen molar-refractivity contribution in [1.29, 1.82) is 0 Å². The van der Waals surface area contributed by atoms with E-state index in [1.54, 1.807) is 18.5 Å². The fourth-order valence-electron chi connectivity index (χ4n) is 1.29. The normalized spacial score (nSPS) is 11.9. The second-order valence-electron chi connectivity index (χ2n) is 3.52. The number of nitrogens with one attached hydrogen (secondary N) is 1. The summed E-state index contributed by atoms with van der Waals surface area (Å²) in [7, 11) is -1.89. The number of thiazole rings is 1. The van der Waals surface area contributed by atoms with Crippen molar-refractivity contribution in [3.8, 4) is 0 Å². The summed E-state index contributed by atoms with van der Waals surface area (Å²) in [5.74, 6) is 0.520. The molecule has 7 nitrogen and oxygen atoms in total. The molecule has 2 aromatic heterocycles. The van der Waals surface area contributed by atoms with Crippen LogP contribution in [0, 0.1) is 6.92 Å². The first-order chi connectivity index (χ1) is 8.40. The second kappa shape index (κ2) is 4.92. The third-order valence-electron chi connectivity index (χ3n) is 2.20. The molecule has 2 aromatic rings. The van der Waals surface area contributed by atoms with Gasteiger partial charge in [-0.05, 0) is 6.92 Å². The van der Waals surface area contributed by atoms with Crippen LogP contribution in [0.25, 0.3) is 0 Å². The zero-order valence-corrected chi connectivity index (χ0v) is 12.0. The fourth-order valence-corrected chi connectivity index (χ4v) is 4.05. The van der Waals surface area contributed by atoms with Gasteiger partial charge in [-0.1, -0.05) is 22.9 Å². The van der Waals surface area contributed by atoms with Crippen LogP contribution in [0.5, 0.6) is 0 Å². The van der Waals surface area contributed by atoms with Crippen molar-refractivity contribution in [2.45, 2.75) is 17.7 Å². The van der Waals surface area contributed by atoms with Crippen LogP contribution in [-0.2, 0) is 23.6 Å². The minimum atomic E-state index is -3.62. The lowest BCUT2D eigenvalue weighted by atomic mass is 10.6. The molecule has 0 aromatic carbocycles. The molecule has 0 saturated carbocycles. The summed E-state index contributed by atoms with van der Waals surface area (Å²) in [5.41, 5.74) is 0.385. The van der Waals surface area contributed by atoms with E-state index in [0.717, 1.165) is 11.3 Å². The Bertz CT molecular complexity index is 663. The summed E-state index contributed by atoms with van der Waals surface area (Å²) < 4.78 is 28.4. The SMILES string of the molecule is Cc1nc(Cl)sc1S(=O)(=O)NCc1nncn1C. The largest absolute Gasteiger partial charge is 0.320 e. The topological polar surface area (TPSA) is 89.8 Å². The number of aromatic nitrogens is 4. The number of sulfonamides is 1. The number of aryl methyl sites for hydroxylation is 2. The molecule has 0 radical (unpaired) electrons. The van der Waals surface area contributed by atoms with Crippen LogP contribution in [0.2, 0.25) is 4.47 Å². The van der Waals surface area contributed by atoms with Gasteiger partial charge in [0.25, 0.3) is 10.0 Å². The lowest BCUT2D eigenvalue weighted by Gasteiger charge is -2.04. The molecule has 0 unspecified atom stereocenters. The Morgan fingerprint density at radius 3 is 2.78 bits per heavy atom. The molecule has 2 rings (SSSR count). The van der Waals surface area contributed by atoms with Gasteiger partial charge in [0, 0.05) is 7.05 Å². The molecule has 10 heteroatoms. The van der Waals surface area contributed by atoms with Gasteiger partial charge in [0.1, 0.15) is 12.2 Å². The standard InChI is InChI=1S/C8H10ClN5O2S2/c1-5-7(17-8(9)12-5)18(15,16)11-3-6-13-10-4-14(6)2/h4,11H,3H2,1-2H3. The van der Waals surface area contributed by atoms with Crippen LogP contribution < -0.4 is 4.72 Å². The van der Waals surface area contributed by atoms with E-state index in [0.29, 0.717) is 11.5 Å². The van der Waals surface area contributed by atoms with E-state index >= 15 is 0 Å². The maximum Gasteiger partial charge on any atom is 0.252 e. The van der Waals surface area contributed by atoms with Crippen molar-refractivity contribution >= 4 is 33.0 Å². The Morgan fingerprint density at radius 2 is 2.28 bits per heavy atom. The van der Waals surface area contributed by atoms with E-state index < -0.39 is 10.0 Å². The molecule has 98 valence electrons. The minimum Gasteiger partial charge on any atom is -0.320 e. The van der Waals surface area contributed by atoms with Crippen LogP contribution in [0.1, 0.15) is 11.5 Å². The van der Waals surface area contributed by atoms with Gasteiger partial charge in [-0.2, -0.15) is 0 Å². The summed E-state index contributed by atoms with van der Waals surface area (Å²) in [6, 6.07) is 0. The van der Waals surface area contributed by atoms with Crippen molar-refractivity contribution in [2.75, 3.05) is 0 Å². The summed E-state index contributed by atoms with van der Waals surface area (Å²) in [5, 5.41) is 7.45. The highest BCUT2D eigenvalue weighted by Gasteiger charge is 2.21. The van der Waals surface area contributed by atoms with Gasteiger partial charge in [-0.3, -0.25) is 0 Å². The average molecular weight is 308 g/mol. The Morgan fingerprint density at radius 1 is 1.56 bits per heavy atom. The highest BCUT2D eigenvalue weighted by atomic mass is 35.5. The third kappa shape index (κ3) is 2.69. The highest BCUT2D eigenvalue weighted by Crippen LogP contribution is 2.26. The van der Waals surface area contributed by atoms with Crippen molar-refractivity contribution in [3.05, 3.63) is 22.3 Å². The van der Waals surface area contributed by atoms with Crippen LogP contribution in [0.15, 0.2) is 10.5 Å². The number of halogens is 1. The fraction of sp³-hybridized carbons (Fsp3) is 0.375. The van der Waals surface area contributed by atoms with Crippen LogP contribution in [-0.4, -0.2) is 28.2 Å². The molecule has 0 amide bonds. The first kappa shape index (κ1) is 13.4. The zero-order chi connectivity index (χ0) is 13.3. The molecule has 1 N–H and O–H groups in total. The number of hydrogen-bond donors (Lipinski definition) is 1. The zero-order valence-electron chi connectivity index (χ0n) is 9.58. The first-order valence-corrected chi connectivity index (χ1v) is 7.53. The monoisotopic (exact) mass is 307 g/mol. The van der Waals surface area contributed by atoms with Crippen LogP contribution in [0.4, 0.5) is 0 Å². The average Bonchev–Trinajstić information content (AvgIpc) is 2.82. The van der Waals surface area contributed by atoms with E-state index in [1.165, 1.54) is 6.33 Å². The maximum atomic E-state index is 12.0. The van der Waals surface area contributed by atoms with Crippen LogP contribution >= 0.6 is 22.9 Å². The van der Waals surface area contributed by atoms with Crippen LogP contribution in [0.3, 0.4) is 0 Å². The quantitative estimate of drug-likeness (QED) is 0.898. The molecule has 0 atom stereocenters. The van der Waals surface area contributed by atoms with Crippen molar-refractivity contribution in [3.63, 3.8) is 0 Å². The lowest BCUT2D eigenvalue weighted by Crippen LogP contribution is -2.24. The number of hydrogen-bond acceptors (Lipinski definition) is 6. The summed E-state index contributed by atoms with van der Waals surface area (Å²) in [6.07, 6.45) is 1.50. The summed E-state index contributed by atoms with van der Waals surface area (Å²) in [4.78, 5) is 3.87. The third-order valence-corrected chi connectivity index (χ3v) is 5.47. The lowest BCUT2D eigenvalue weighted by molar-refractivity contribution is 0.578. The summed E-state index contributed by atoms with van der Waals surface area (Å²) >= 11 is 6.61. The Balaban J connectivity index is 2.18. The van der Waals surface area contributed by atoms with E-state index in [2.05, 4.69) is 19.9 Å². The van der Waals surface area contributed by atoms with E-state index in [-0.39, 0.29) is 15.2 Å². The van der Waals surface area contributed by atoms with Crippen molar-refractivity contribution in [1.82, 2.24) is 24.5 Å². The molecule has 0 bridgehead atoms. The molecular formula is C8H10ClN5O2S2. The van der Waals surface area contributed by atoms with Gasteiger partial charge in [-0.25, -0.2) is 18.1 Å². The van der Waals surface area contributed by atoms with Crippen molar-refractivity contribution in [2.24, 2.45) is 7.05 Å². The van der Waals surface area contributed by atoms with Gasteiger partial charge in [0.05, 0.1) is 12.2 Å². The van der Waals surface area contributed by atoms with Crippen molar-refractivity contribution < 1.29 is 8.42 Å². The highest BCUT2D eigenvalue weighted by molar-refractivity contribution is 7.91. The minimum absolute atomic E-state index is 0.0633. The molecular weight excluding hydrogens is 298 g/mol. The molecule has 2 heterocycles. The predicted molar refractivity (Wildman–Crippen MR) is 66.9 cm³/mol. The van der Waals surface area contributed by atoms with Gasteiger partial charge in [0.15, 0.2) is 8.68 Å². The predicted octanol–water partition coefficient (Wildman–Crippen LogP) is 0.712. The molecule has 0 fully saturated rings. The molecule has 0 saturated heterocycles. The van der Waals surface area contributed by atoms with E-state index in [1.807, 2.05) is 0 Å². The van der Waals surface area contributed by atoms with Gasteiger partial charge >= 0.3 is 0 Å². The summed E-state index contributed by atoms with van der Waals surface area (Å²) in [6.45, 7) is 1.66. The Kier molecular flexibility index (Phi) is 3.66. The maximum absolute atomic E-state index is 12.0.